The summed E-state index contributed by atoms with van der Waals surface area (Å²) >= 11 is 0. The molecule has 0 unspecified atom stereocenters. The second-order valence-corrected chi connectivity index (χ2v) is 5.47. The molecule has 0 aromatic carbocycles. The highest BCUT2D eigenvalue weighted by Gasteiger charge is 2.22. The van der Waals surface area contributed by atoms with Gasteiger partial charge in [0.25, 0.3) is 0 Å². The van der Waals surface area contributed by atoms with Crippen molar-refractivity contribution in [1.82, 2.24) is 0 Å². The molecule has 0 radical (unpaired) electrons. The van der Waals surface area contributed by atoms with Gasteiger partial charge in [-0.1, -0.05) is 13.8 Å². The highest BCUT2D eigenvalue weighted by Crippen LogP contribution is 2.19. The molecule has 0 aromatic rings. The first kappa shape index (κ1) is 14.9. The first-order chi connectivity index (χ1) is 6.65. The van der Waals surface area contributed by atoms with E-state index in [4.69, 9.17) is 9.47 Å². The summed E-state index contributed by atoms with van der Waals surface area (Å²) < 4.78 is 11.0. The van der Waals surface area contributed by atoms with Crippen LogP contribution in [-0.4, -0.2) is 36.1 Å². The van der Waals surface area contributed by atoms with Crippen LogP contribution in [0.2, 0.25) is 0 Å². The van der Waals surface area contributed by atoms with E-state index < -0.39 is 5.60 Å². The minimum absolute atomic E-state index is 0.113. The second kappa shape index (κ2) is 5.83. The summed E-state index contributed by atoms with van der Waals surface area (Å²) in [7, 11) is 0. The fraction of sp³-hybridized carbons (Fsp3) is 1.00. The van der Waals surface area contributed by atoms with Crippen LogP contribution in [0, 0.1) is 5.92 Å². The van der Waals surface area contributed by atoms with E-state index in [1.807, 2.05) is 0 Å². The number of hydrogen-bond acceptors (Lipinski definition) is 3. The molecule has 0 spiro atoms. The molecule has 0 saturated carbocycles. The van der Waals surface area contributed by atoms with E-state index in [-0.39, 0.29) is 5.60 Å². The molecule has 0 heterocycles. The third kappa shape index (κ3) is 7.77. The van der Waals surface area contributed by atoms with Crippen LogP contribution >= 0.6 is 0 Å². The Morgan fingerprint density at radius 3 is 2.00 bits per heavy atom. The van der Waals surface area contributed by atoms with Crippen molar-refractivity contribution < 1.29 is 14.6 Å². The molecule has 0 aliphatic rings. The van der Waals surface area contributed by atoms with E-state index in [2.05, 4.69) is 27.7 Å². The molecular formula is C12H26O3. The van der Waals surface area contributed by atoms with Gasteiger partial charge in [-0.2, -0.15) is 0 Å². The van der Waals surface area contributed by atoms with E-state index in [0.29, 0.717) is 25.7 Å². The highest BCUT2D eigenvalue weighted by atomic mass is 16.5. The molecule has 0 amide bonds. The summed E-state index contributed by atoms with van der Waals surface area (Å²) in [6.07, 6.45) is 0. The smallest absolute Gasteiger partial charge is 0.0824 e. The maximum atomic E-state index is 9.40. The molecule has 0 saturated heterocycles. The zero-order valence-electron chi connectivity index (χ0n) is 11.0. The van der Waals surface area contributed by atoms with Gasteiger partial charge in [-0.05, 0) is 33.6 Å². The van der Waals surface area contributed by atoms with Crippen molar-refractivity contribution in [3.05, 3.63) is 0 Å². The third-order valence-electron chi connectivity index (χ3n) is 2.55. The lowest BCUT2D eigenvalue weighted by Gasteiger charge is -2.29. The summed E-state index contributed by atoms with van der Waals surface area (Å²) in [5, 5.41) is 9.40. The first-order valence-electron chi connectivity index (χ1n) is 5.59. The number of rotatable bonds is 7. The van der Waals surface area contributed by atoms with Crippen LogP contribution in [0.15, 0.2) is 0 Å². The van der Waals surface area contributed by atoms with Crippen LogP contribution in [0.3, 0.4) is 0 Å². The van der Waals surface area contributed by atoms with Gasteiger partial charge in [-0.15, -0.1) is 0 Å². The monoisotopic (exact) mass is 218 g/mol. The standard InChI is InChI=1S/C12H26O3/c1-10(2)12(5,6)15-8-7-14-9-11(3,4)13/h10,13H,7-9H2,1-6H3. The third-order valence-corrected chi connectivity index (χ3v) is 2.55. The van der Waals surface area contributed by atoms with Gasteiger partial charge in [0.05, 0.1) is 31.0 Å². The molecule has 0 aromatic heterocycles. The van der Waals surface area contributed by atoms with Gasteiger partial charge >= 0.3 is 0 Å². The van der Waals surface area contributed by atoms with Gasteiger partial charge in [-0.3, -0.25) is 0 Å². The molecule has 0 fully saturated rings. The summed E-state index contributed by atoms with van der Waals surface area (Å²) in [4.78, 5) is 0. The van der Waals surface area contributed by atoms with Crippen molar-refractivity contribution in [2.24, 2.45) is 5.92 Å². The average molecular weight is 218 g/mol. The minimum atomic E-state index is -0.756. The zero-order valence-corrected chi connectivity index (χ0v) is 11.0. The summed E-state index contributed by atoms with van der Waals surface area (Å²) in [6, 6.07) is 0. The molecule has 0 aliphatic carbocycles. The maximum Gasteiger partial charge on any atom is 0.0824 e. The molecule has 0 atom stereocenters. The van der Waals surface area contributed by atoms with Gasteiger partial charge in [0.1, 0.15) is 0 Å². The fourth-order valence-corrected chi connectivity index (χ4v) is 0.852. The quantitative estimate of drug-likeness (QED) is 0.666. The highest BCUT2D eigenvalue weighted by molar-refractivity contribution is 4.72. The molecule has 3 heteroatoms. The maximum absolute atomic E-state index is 9.40. The van der Waals surface area contributed by atoms with E-state index in [1.165, 1.54) is 0 Å². The summed E-state index contributed by atoms with van der Waals surface area (Å²) in [5.74, 6) is 0.479. The van der Waals surface area contributed by atoms with E-state index in [0.717, 1.165) is 0 Å². The van der Waals surface area contributed by atoms with Crippen molar-refractivity contribution in [3.63, 3.8) is 0 Å². The van der Waals surface area contributed by atoms with Crippen molar-refractivity contribution >= 4 is 0 Å². The van der Waals surface area contributed by atoms with Crippen LogP contribution in [0.25, 0.3) is 0 Å². The SMILES string of the molecule is CC(C)C(C)(C)OCCOCC(C)(C)O. The predicted octanol–water partition coefficient (Wildman–Crippen LogP) is 2.23. The molecule has 3 nitrogen and oxygen atoms in total. The zero-order chi connectivity index (χ0) is 12.1. The Hall–Kier alpha value is -0.120. The summed E-state index contributed by atoms with van der Waals surface area (Å²) in [6.45, 7) is 13.3. The number of hydrogen-bond donors (Lipinski definition) is 1. The first-order valence-corrected chi connectivity index (χ1v) is 5.59. The molecule has 0 bridgehead atoms. The van der Waals surface area contributed by atoms with Crippen molar-refractivity contribution in [2.45, 2.75) is 52.7 Å². The van der Waals surface area contributed by atoms with E-state index in [1.54, 1.807) is 13.8 Å². The largest absolute Gasteiger partial charge is 0.388 e. The Labute approximate surface area is 93.8 Å². The Kier molecular flexibility index (Phi) is 5.78. The van der Waals surface area contributed by atoms with Crippen LogP contribution in [-0.2, 0) is 9.47 Å². The van der Waals surface area contributed by atoms with Gasteiger partial charge in [-0.25, -0.2) is 0 Å². The number of aliphatic hydroxyl groups is 1. The lowest BCUT2D eigenvalue weighted by atomic mass is 9.95. The number of ether oxygens (including phenoxy) is 2. The van der Waals surface area contributed by atoms with Gasteiger partial charge in [0.2, 0.25) is 0 Å². The molecular weight excluding hydrogens is 192 g/mol. The normalized spacial score (nSPS) is 13.6. The van der Waals surface area contributed by atoms with Crippen molar-refractivity contribution in [1.29, 1.82) is 0 Å². The average Bonchev–Trinajstić information content (AvgIpc) is 2.00. The molecule has 0 aliphatic heterocycles. The van der Waals surface area contributed by atoms with Crippen LogP contribution in [0.1, 0.15) is 41.5 Å². The lowest BCUT2D eigenvalue weighted by molar-refractivity contribution is -0.0871. The topological polar surface area (TPSA) is 38.7 Å². The van der Waals surface area contributed by atoms with Crippen LogP contribution in [0.4, 0.5) is 0 Å². The Morgan fingerprint density at radius 2 is 1.60 bits per heavy atom. The summed E-state index contributed by atoms with van der Waals surface area (Å²) in [5.41, 5.74) is -0.869. The fourth-order valence-electron chi connectivity index (χ4n) is 0.852. The molecule has 15 heavy (non-hydrogen) atoms. The Bertz CT molecular complexity index is 168. The van der Waals surface area contributed by atoms with Crippen LogP contribution in [0.5, 0.6) is 0 Å². The lowest BCUT2D eigenvalue weighted by Crippen LogP contribution is -2.33. The van der Waals surface area contributed by atoms with Gasteiger partial charge in [0.15, 0.2) is 0 Å². The second-order valence-electron chi connectivity index (χ2n) is 5.47. The van der Waals surface area contributed by atoms with Gasteiger partial charge < -0.3 is 14.6 Å². The minimum Gasteiger partial charge on any atom is -0.388 e. The van der Waals surface area contributed by atoms with Crippen LogP contribution < -0.4 is 0 Å². The Morgan fingerprint density at radius 1 is 1.07 bits per heavy atom. The molecule has 0 rings (SSSR count). The predicted molar refractivity (Wildman–Crippen MR) is 62.0 cm³/mol. The van der Waals surface area contributed by atoms with E-state index >= 15 is 0 Å². The molecule has 92 valence electrons. The Balaban J connectivity index is 3.55. The van der Waals surface area contributed by atoms with Crippen molar-refractivity contribution in [3.8, 4) is 0 Å². The molecule has 1 N–H and O–H groups in total. The van der Waals surface area contributed by atoms with Gasteiger partial charge in [0, 0.05) is 0 Å². The van der Waals surface area contributed by atoms with E-state index in [9.17, 15) is 5.11 Å². The van der Waals surface area contributed by atoms with Crippen molar-refractivity contribution in [2.75, 3.05) is 19.8 Å².